The van der Waals surface area contributed by atoms with Gasteiger partial charge in [0.25, 0.3) is 5.91 Å². The third kappa shape index (κ3) is 4.12. The fraction of sp³-hybridized carbons (Fsp3) is 0.125. The molecule has 0 spiro atoms. The molecule has 0 aromatic heterocycles. The highest BCUT2D eigenvalue weighted by Crippen LogP contribution is 2.34. The van der Waals surface area contributed by atoms with Crippen LogP contribution < -0.4 is 15.2 Å². The second-order valence-corrected chi connectivity index (χ2v) is 5.88. The topological polar surface area (TPSA) is 78.5 Å². The molecule has 0 atom stereocenters. The van der Waals surface area contributed by atoms with Crippen LogP contribution in [0.5, 0.6) is 5.75 Å². The largest absolute Gasteiger partial charge is 0.545 e. The molecule has 2 rings (SSSR count). The van der Waals surface area contributed by atoms with Crippen LogP contribution in [0.2, 0.25) is 15.1 Å². The third-order valence-electron chi connectivity index (χ3n) is 3.00. The molecule has 0 bridgehead atoms. The van der Waals surface area contributed by atoms with Gasteiger partial charge in [0.2, 0.25) is 0 Å². The van der Waals surface area contributed by atoms with Crippen molar-refractivity contribution in [1.82, 2.24) is 0 Å². The molecule has 0 unspecified atom stereocenters. The number of carbonyl (C=O) groups is 2. The predicted octanol–water partition coefficient (Wildman–Crippen LogP) is 3.66. The van der Waals surface area contributed by atoms with Gasteiger partial charge in [-0.25, -0.2) is 0 Å². The smallest absolute Gasteiger partial charge is 0.255 e. The molecule has 8 heteroatoms. The minimum absolute atomic E-state index is 0.0468. The molecular formula is C16H11Cl3NO4-. The SMILES string of the molecule is CCOc1c(Cl)cc(C(=O)Nc2ccc(Cl)cc2C(=O)[O-])cc1Cl. The maximum absolute atomic E-state index is 12.3. The molecule has 24 heavy (non-hydrogen) atoms. The quantitative estimate of drug-likeness (QED) is 0.849. The number of carboxylic acids is 1. The van der Waals surface area contributed by atoms with Crippen LogP contribution in [-0.4, -0.2) is 18.5 Å². The van der Waals surface area contributed by atoms with Gasteiger partial charge >= 0.3 is 0 Å². The van der Waals surface area contributed by atoms with E-state index in [2.05, 4.69) is 5.32 Å². The average Bonchev–Trinajstić information content (AvgIpc) is 2.52. The highest BCUT2D eigenvalue weighted by molar-refractivity contribution is 6.38. The van der Waals surface area contributed by atoms with Crippen LogP contribution in [0.3, 0.4) is 0 Å². The molecule has 0 fully saturated rings. The summed E-state index contributed by atoms with van der Waals surface area (Å²) < 4.78 is 5.29. The van der Waals surface area contributed by atoms with E-state index in [9.17, 15) is 14.7 Å². The van der Waals surface area contributed by atoms with Crippen molar-refractivity contribution in [2.75, 3.05) is 11.9 Å². The van der Waals surface area contributed by atoms with E-state index in [1.807, 2.05) is 0 Å². The first-order valence-corrected chi connectivity index (χ1v) is 7.91. The molecule has 0 aliphatic rings. The van der Waals surface area contributed by atoms with E-state index in [0.29, 0.717) is 6.61 Å². The van der Waals surface area contributed by atoms with Gasteiger partial charge in [-0.2, -0.15) is 0 Å². The van der Waals surface area contributed by atoms with Crippen molar-refractivity contribution in [3.8, 4) is 5.75 Å². The minimum atomic E-state index is -1.46. The summed E-state index contributed by atoms with van der Waals surface area (Å²) in [7, 11) is 0. The number of rotatable bonds is 5. The number of aromatic carboxylic acids is 1. The summed E-state index contributed by atoms with van der Waals surface area (Å²) >= 11 is 17.9. The molecule has 5 nitrogen and oxygen atoms in total. The van der Waals surface area contributed by atoms with Crippen molar-refractivity contribution in [3.05, 3.63) is 56.5 Å². The molecule has 0 aliphatic heterocycles. The van der Waals surface area contributed by atoms with Crippen molar-refractivity contribution in [2.45, 2.75) is 6.92 Å². The summed E-state index contributed by atoms with van der Waals surface area (Å²) in [4.78, 5) is 23.5. The first kappa shape index (κ1) is 18.4. The fourth-order valence-corrected chi connectivity index (χ4v) is 2.73. The van der Waals surface area contributed by atoms with Gasteiger partial charge in [-0.15, -0.1) is 0 Å². The molecule has 2 aromatic rings. The van der Waals surface area contributed by atoms with Gasteiger partial charge in [-0.3, -0.25) is 4.79 Å². The number of benzene rings is 2. The van der Waals surface area contributed by atoms with Crippen LogP contribution in [0.4, 0.5) is 5.69 Å². The van der Waals surface area contributed by atoms with Gasteiger partial charge in [0.05, 0.1) is 28.3 Å². The van der Waals surface area contributed by atoms with E-state index < -0.39 is 11.9 Å². The Morgan fingerprint density at radius 3 is 2.29 bits per heavy atom. The van der Waals surface area contributed by atoms with Crippen molar-refractivity contribution < 1.29 is 19.4 Å². The van der Waals surface area contributed by atoms with E-state index in [4.69, 9.17) is 39.5 Å². The van der Waals surface area contributed by atoms with Crippen molar-refractivity contribution in [1.29, 1.82) is 0 Å². The minimum Gasteiger partial charge on any atom is -0.545 e. The highest BCUT2D eigenvalue weighted by Gasteiger charge is 2.15. The zero-order valence-electron chi connectivity index (χ0n) is 12.4. The molecule has 0 aliphatic carbocycles. The lowest BCUT2D eigenvalue weighted by Gasteiger charge is -2.14. The predicted molar refractivity (Wildman–Crippen MR) is 91.4 cm³/mol. The van der Waals surface area contributed by atoms with Gasteiger partial charge in [0.1, 0.15) is 0 Å². The second-order valence-electron chi connectivity index (χ2n) is 4.63. The van der Waals surface area contributed by atoms with Gasteiger partial charge in [0, 0.05) is 16.1 Å². The van der Waals surface area contributed by atoms with E-state index >= 15 is 0 Å². The maximum atomic E-state index is 12.3. The Balaban J connectivity index is 2.33. The molecular weight excluding hydrogens is 377 g/mol. The van der Waals surface area contributed by atoms with Crippen molar-refractivity contribution >= 4 is 52.4 Å². The van der Waals surface area contributed by atoms with Gasteiger partial charge < -0.3 is 20.0 Å². The molecule has 0 heterocycles. The first-order chi connectivity index (χ1) is 11.3. The number of amides is 1. The van der Waals surface area contributed by atoms with Crippen LogP contribution in [0.15, 0.2) is 30.3 Å². The highest BCUT2D eigenvalue weighted by atomic mass is 35.5. The van der Waals surface area contributed by atoms with Crippen LogP contribution in [0.1, 0.15) is 27.6 Å². The standard InChI is InChI=1S/C16H12Cl3NO4/c1-2-24-14-11(18)5-8(6-12(14)19)15(21)20-13-4-3-9(17)7-10(13)16(22)23/h3-7H,2H2,1H3,(H,20,21)(H,22,23)/p-1. The first-order valence-electron chi connectivity index (χ1n) is 6.77. The molecule has 1 amide bonds. The fourth-order valence-electron chi connectivity index (χ4n) is 1.96. The third-order valence-corrected chi connectivity index (χ3v) is 3.80. The number of carboxylic acid groups (broad SMARTS) is 1. The lowest BCUT2D eigenvalue weighted by atomic mass is 10.1. The van der Waals surface area contributed by atoms with Gasteiger partial charge in [-0.05, 0) is 37.3 Å². The number of carbonyl (C=O) groups excluding carboxylic acids is 2. The number of hydrogen-bond acceptors (Lipinski definition) is 4. The van der Waals surface area contributed by atoms with Crippen LogP contribution in [-0.2, 0) is 0 Å². The Morgan fingerprint density at radius 2 is 1.75 bits per heavy atom. The monoisotopic (exact) mass is 386 g/mol. The summed E-state index contributed by atoms with van der Waals surface area (Å²) in [6, 6.07) is 6.75. The number of anilines is 1. The molecule has 0 saturated heterocycles. The molecule has 126 valence electrons. The summed E-state index contributed by atoms with van der Waals surface area (Å²) in [6.45, 7) is 2.14. The van der Waals surface area contributed by atoms with Gasteiger partial charge in [0.15, 0.2) is 5.75 Å². The second kappa shape index (κ2) is 7.75. The molecule has 1 N–H and O–H groups in total. The maximum Gasteiger partial charge on any atom is 0.255 e. The molecule has 0 saturated carbocycles. The Hall–Kier alpha value is -1.95. The Bertz CT molecular complexity index is 785. The normalized spacial score (nSPS) is 10.3. The van der Waals surface area contributed by atoms with Crippen molar-refractivity contribution in [2.24, 2.45) is 0 Å². The van der Waals surface area contributed by atoms with Crippen LogP contribution in [0.25, 0.3) is 0 Å². The zero-order chi connectivity index (χ0) is 17.9. The summed E-state index contributed by atoms with van der Waals surface area (Å²) in [5.74, 6) is -1.78. The van der Waals surface area contributed by atoms with Crippen LogP contribution in [0, 0.1) is 0 Å². The Morgan fingerprint density at radius 1 is 1.12 bits per heavy atom. The van der Waals surface area contributed by atoms with Gasteiger partial charge in [-0.1, -0.05) is 34.8 Å². The number of hydrogen-bond donors (Lipinski definition) is 1. The number of ether oxygens (including phenoxy) is 1. The molecule has 0 radical (unpaired) electrons. The van der Waals surface area contributed by atoms with Crippen LogP contribution >= 0.6 is 34.8 Å². The Labute approximate surface area is 153 Å². The average molecular weight is 388 g/mol. The molecule has 2 aromatic carbocycles. The summed E-state index contributed by atoms with van der Waals surface area (Å²) in [5.41, 5.74) is -0.0442. The van der Waals surface area contributed by atoms with E-state index in [1.54, 1.807) is 6.92 Å². The van der Waals surface area contributed by atoms with E-state index in [0.717, 1.165) is 0 Å². The lowest BCUT2D eigenvalue weighted by Crippen LogP contribution is -2.25. The van der Waals surface area contributed by atoms with Crippen molar-refractivity contribution in [3.63, 3.8) is 0 Å². The zero-order valence-corrected chi connectivity index (χ0v) is 14.6. The Kier molecular flexibility index (Phi) is 5.94. The number of halogens is 3. The lowest BCUT2D eigenvalue weighted by molar-refractivity contribution is -0.254. The van der Waals surface area contributed by atoms with E-state index in [1.165, 1.54) is 30.3 Å². The summed E-state index contributed by atoms with van der Waals surface area (Å²) in [5, 5.41) is 14.2. The summed E-state index contributed by atoms with van der Waals surface area (Å²) in [6.07, 6.45) is 0. The number of nitrogens with one attached hydrogen (secondary N) is 1. The van der Waals surface area contributed by atoms with E-state index in [-0.39, 0.29) is 37.6 Å².